The number of sulfonamides is 1. The number of benzene rings is 1. The van der Waals surface area contributed by atoms with Gasteiger partial charge in [0.25, 0.3) is 15.7 Å². The first kappa shape index (κ1) is 14.4. The number of halogens is 1. The number of hydrogen-bond donors (Lipinski definition) is 1. The van der Waals surface area contributed by atoms with Crippen LogP contribution in [0.2, 0.25) is 0 Å². The number of nitro benzene ring substituents is 1. The molecule has 0 radical (unpaired) electrons. The van der Waals surface area contributed by atoms with Crippen molar-refractivity contribution in [1.29, 1.82) is 0 Å². The Bertz CT molecular complexity index is 750. The van der Waals surface area contributed by atoms with Gasteiger partial charge in [-0.2, -0.15) is 0 Å². The van der Waals surface area contributed by atoms with Gasteiger partial charge in [-0.3, -0.25) is 14.8 Å². The summed E-state index contributed by atoms with van der Waals surface area (Å²) in [6.45, 7) is 0. The molecule has 7 nitrogen and oxygen atoms in total. The van der Waals surface area contributed by atoms with E-state index in [2.05, 4.69) is 25.6 Å². The van der Waals surface area contributed by atoms with E-state index in [-0.39, 0.29) is 5.82 Å². The van der Waals surface area contributed by atoms with Crippen LogP contribution in [0.3, 0.4) is 0 Å². The second kappa shape index (κ2) is 5.55. The Kier molecular flexibility index (Phi) is 4.00. The largest absolute Gasteiger partial charge is 0.289 e. The Morgan fingerprint density at radius 1 is 1.25 bits per heavy atom. The van der Waals surface area contributed by atoms with Gasteiger partial charge in [0, 0.05) is 16.7 Å². The van der Waals surface area contributed by atoms with Crippen molar-refractivity contribution in [2.24, 2.45) is 0 Å². The topological polar surface area (TPSA) is 102 Å². The molecule has 0 amide bonds. The number of anilines is 1. The van der Waals surface area contributed by atoms with Crippen LogP contribution in [0.5, 0.6) is 0 Å². The Morgan fingerprint density at radius 3 is 2.60 bits per heavy atom. The molecule has 1 heterocycles. The standard InChI is InChI=1S/C11H8BrN3O4S/c12-8-4-5-9(15(16)17)10(7-8)20(18,19)14-11-3-1-2-6-13-11/h1-7H,(H,13,14). The summed E-state index contributed by atoms with van der Waals surface area (Å²) in [6, 6.07) is 8.36. The van der Waals surface area contributed by atoms with Crippen molar-refractivity contribution >= 4 is 37.5 Å². The van der Waals surface area contributed by atoms with Crippen LogP contribution in [-0.4, -0.2) is 18.3 Å². The van der Waals surface area contributed by atoms with Gasteiger partial charge in [0.05, 0.1) is 4.92 Å². The first-order chi connectivity index (χ1) is 9.40. The maximum absolute atomic E-state index is 12.2. The lowest BCUT2D eigenvalue weighted by atomic mass is 10.3. The van der Waals surface area contributed by atoms with E-state index in [0.29, 0.717) is 4.47 Å². The van der Waals surface area contributed by atoms with Crippen molar-refractivity contribution in [2.75, 3.05) is 4.72 Å². The number of rotatable bonds is 4. The Balaban J connectivity index is 2.49. The molecule has 20 heavy (non-hydrogen) atoms. The summed E-state index contributed by atoms with van der Waals surface area (Å²) in [5, 5.41) is 10.9. The van der Waals surface area contributed by atoms with Gasteiger partial charge in [0.15, 0.2) is 4.90 Å². The first-order valence-electron chi connectivity index (χ1n) is 5.28. The third kappa shape index (κ3) is 3.11. The highest BCUT2D eigenvalue weighted by molar-refractivity contribution is 9.10. The molecule has 1 aromatic carbocycles. The zero-order chi connectivity index (χ0) is 14.8. The molecule has 2 rings (SSSR count). The van der Waals surface area contributed by atoms with Crippen molar-refractivity contribution in [2.45, 2.75) is 4.90 Å². The van der Waals surface area contributed by atoms with Crippen LogP contribution in [0.4, 0.5) is 11.5 Å². The second-order valence-corrected chi connectivity index (χ2v) is 6.26. The maximum Gasteiger partial charge on any atom is 0.289 e. The second-order valence-electron chi connectivity index (χ2n) is 3.69. The lowest BCUT2D eigenvalue weighted by molar-refractivity contribution is -0.387. The van der Waals surface area contributed by atoms with Crippen molar-refractivity contribution in [3.63, 3.8) is 0 Å². The highest BCUT2D eigenvalue weighted by atomic mass is 79.9. The molecule has 0 aliphatic rings. The van der Waals surface area contributed by atoms with Gasteiger partial charge in [-0.25, -0.2) is 13.4 Å². The molecule has 0 saturated carbocycles. The van der Waals surface area contributed by atoms with Crippen LogP contribution in [0.1, 0.15) is 0 Å². The van der Waals surface area contributed by atoms with E-state index in [0.717, 1.165) is 6.07 Å². The molecule has 0 fully saturated rings. The van der Waals surface area contributed by atoms with Crippen LogP contribution >= 0.6 is 15.9 Å². The molecule has 0 unspecified atom stereocenters. The van der Waals surface area contributed by atoms with Crippen molar-refractivity contribution < 1.29 is 13.3 Å². The Hall–Kier alpha value is -2.00. The molecule has 1 N–H and O–H groups in total. The fourth-order valence-electron chi connectivity index (χ4n) is 1.47. The molecule has 1 aromatic heterocycles. The lowest BCUT2D eigenvalue weighted by Gasteiger charge is -2.07. The van der Waals surface area contributed by atoms with Crippen molar-refractivity contribution in [1.82, 2.24) is 4.98 Å². The van der Waals surface area contributed by atoms with E-state index in [9.17, 15) is 18.5 Å². The van der Waals surface area contributed by atoms with Gasteiger partial charge in [-0.1, -0.05) is 22.0 Å². The minimum absolute atomic E-state index is 0.0850. The molecule has 0 aliphatic heterocycles. The fourth-order valence-corrected chi connectivity index (χ4v) is 3.19. The molecule has 0 bridgehead atoms. The Labute approximate surface area is 123 Å². The predicted octanol–water partition coefficient (Wildman–Crippen LogP) is 2.55. The molecule has 104 valence electrons. The normalized spacial score (nSPS) is 11.1. The molecule has 0 aliphatic carbocycles. The van der Waals surface area contributed by atoms with E-state index in [1.165, 1.54) is 24.4 Å². The van der Waals surface area contributed by atoms with E-state index >= 15 is 0 Å². The number of nitrogens with one attached hydrogen (secondary N) is 1. The maximum atomic E-state index is 12.2. The molecular formula is C11H8BrN3O4S. The third-order valence-electron chi connectivity index (χ3n) is 2.31. The summed E-state index contributed by atoms with van der Waals surface area (Å²) < 4.78 is 27.0. The van der Waals surface area contributed by atoms with Gasteiger partial charge in [-0.15, -0.1) is 0 Å². The quantitative estimate of drug-likeness (QED) is 0.668. The van der Waals surface area contributed by atoms with Crippen LogP contribution in [-0.2, 0) is 10.0 Å². The van der Waals surface area contributed by atoms with E-state index in [1.807, 2.05) is 0 Å². The minimum atomic E-state index is -4.10. The number of nitrogens with zero attached hydrogens (tertiary/aromatic N) is 2. The first-order valence-corrected chi connectivity index (χ1v) is 7.55. The highest BCUT2D eigenvalue weighted by Gasteiger charge is 2.26. The lowest BCUT2D eigenvalue weighted by Crippen LogP contribution is -2.15. The highest BCUT2D eigenvalue weighted by Crippen LogP contribution is 2.28. The molecule has 0 atom stereocenters. The van der Waals surface area contributed by atoms with Gasteiger partial charge in [0.1, 0.15) is 5.82 Å². The number of hydrogen-bond acceptors (Lipinski definition) is 5. The minimum Gasteiger partial charge on any atom is -0.263 e. The van der Waals surface area contributed by atoms with Gasteiger partial charge >= 0.3 is 0 Å². The molecule has 0 saturated heterocycles. The zero-order valence-electron chi connectivity index (χ0n) is 9.86. The molecule has 9 heteroatoms. The molecular weight excluding hydrogens is 350 g/mol. The van der Waals surface area contributed by atoms with Gasteiger partial charge in [0.2, 0.25) is 0 Å². The zero-order valence-corrected chi connectivity index (χ0v) is 12.3. The SMILES string of the molecule is O=[N+]([O-])c1ccc(Br)cc1S(=O)(=O)Nc1ccccn1. The summed E-state index contributed by atoms with van der Waals surface area (Å²) in [7, 11) is -4.10. The molecule has 2 aromatic rings. The summed E-state index contributed by atoms with van der Waals surface area (Å²) in [4.78, 5) is 13.6. The number of aromatic nitrogens is 1. The van der Waals surface area contributed by atoms with Crippen molar-refractivity contribution in [3.8, 4) is 0 Å². The number of nitro groups is 1. The average Bonchev–Trinajstić information content (AvgIpc) is 2.39. The van der Waals surface area contributed by atoms with Crippen molar-refractivity contribution in [3.05, 3.63) is 57.2 Å². The van der Waals surface area contributed by atoms with Crippen LogP contribution in [0.25, 0.3) is 0 Å². The molecule has 0 spiro atoms. The predicted molar refractivity (Wildman–Crippen MR) is 75.8 cm³/mol. The van der Waals surface area contributed by atoms with E-state index < -0.39 is 25.5 Å². The fraction of sp³-hybridized carbons (Fsp3) is 0. The smallest absolute Gasteiger partial charge is 0.263 e. The summed E-state index contributed by atoms with van der Waals surface area (Å²) >= 11 is 3.09. The van der Waals surface area contributed by atoms with Crippen LogP contribution in [0.15, 0.2) is 52.0 Å². The monoisotopic (exact) mass is 357 g/mol. The van der Waals surface area contributed by atoms with Crippen LogP contribution < -0.4 is 4.72 Å². The van der Waals surface area contributed by atoms with Crippen LogP contribution in [0, 0.1) is 10.1 Å². The van der Waals surface area contributed by atoms with E-state index in [4.69, 9.17) is 0 Å². The summed E-state index contributed by atoms with van der Waals surface area (Å²) in [6.07, 6.45) is 1.41. The van der Waals surface area contributed by atoms with E-state index in [1.54, 1.807) is 12.1 Å². The summed E-state index contributed by atoms with van der Waals surface area (Å²) in [5.74, 6) is 0.0850. The Morgan fingerprint density at radius 2 is 2.00 bits per heavy atom. The van der Waals surface area contributed by atoms with Gasteiger partial charge in [-0.05, 0) is 24.3 Å². The van der Waals surface area contributed by atoms with Gasteiger partial charge < -0.3 is 0 Å². The number of pyridine rings is 1. The average molecular weight is 358 g/mol. The summed E-state index contributed by atoms with van der Waals surface area (Å²) in [5.41, 5.74) is -0.503. The third-order valence-corrected chi connectivity index (χ3v) is 4.19.